The van der Waals surface area contributed by atoms with E-state index in [0.717, 1.165) is 18.2 Å². The minimum atomic E-state index is -4.00. The van der Waals surface area contributed by atoms with Crippen molar-refractivity contribution in [2.24, 2.45) is 0 Å². The quantitative estimate of drug-likeness (QED) is 0.834. The third-order valence-electron chi connectivity index (χ3n) is 2.01. The highest BCUT2D eigenvalue weighted by atomic mass is 32.2. The fraction of sp³-hybridized carbons (Fsp3) is 0.300. The van der Waals surface area contributed by atoms with Crippen LogP contribution in [0.2, 0.25) is 0 Å². The summed E-state index contributed by atoms with van der Waals surface area (Å²) in [7, 11) is -4.00. The molecule has 0 unspecified atom stereocenters. The average molecular weight is 261 g/mol. The van der Waals surface area contributed by atoms with Gasteiger partial charge in [0.15, 0.2) is 0 Å². The highest BCUT2D eigenvalue weighted by Crippen LogP contribution is 2.16. The van der Waals surface area contributed by atoms with Gasteiger partial charge in [-0.3, -0.25) is 0 Å². The number of rotatable bonds is 5. The van der Waals surface area contributed by atoms with E-state index in [1.165, 1.54) is 0 Å². The number of aromatic carboxylic acids is 1. The molecule has 0 aliphatic rings. The Kier molecular flexibility index (Phi) is 4.19. The van der Waals surface area contributed by atoms with Gasteiger partial charge in [0.25, 0.3) is 0 Å². The van der Waals surface area contributed by atoms with Crippen molar-refractivity contribution in [1.29, 1.82) is 0 Å². The molecule has 1 rings (SSSR count). The highest BCUT2D eigenvalue weighted by Gasteiger charge is 2.20. The van der Waals surface area contributed by atoms with Crippen molar-refractivity contribution in [3.8, 4) is 0 Å². The molecule has 0 fully saturated rings. The zero-order valence-electron chi connectivity index (χ0n) is 9.10. The van der Waals surface area contributed by atoms with Gasteiger partial charge < -0.3 is 5.11 Å². The van der Waals surface area contributed by atoms with Crippen molar-refractivity contribution < 1.29 is 22.7 Å². The fourth-order valence-electron chi connectivity index (χ4n) is 1.16. The summed E-state index contributed by atoms with van der Waals surface area (Å²) in [5.41, 5.74) is -0.275. The molecule has 0 amide bonds. The molecule has 0 aromatic heterocycles. The summed E-state index contributed by atoms with van der Waals surface area (Å²) in [6.07, 6.45) is 0.555. The van der Waals surface area contributed by atoms with Crippen LogP contribution < -0.4 is 4.72 Å². The minimum Gasteiger partial charge on any atom is -0.478 e. The Morgan fingerprint density at radius 2 is 2.12 bits per heavy atom. The van der Waals surface area contributed by atoms with E-state index in [1.807, 2.05) is 0 Å². The second-order valence-electron chi connectivity index (χ2n) is 3.35. The molecular formula is C10H12FNO4S. The van der Waals surface area contributed by atoms with Gasteiger partial charge in [-0.2, -0.15) is 0 Å². The number of halogens is 1. The lowest BCUT2D eigenvalue weighted by Gasteiger charge is -2.07. The first-order valence-electron chi connectivity index (χ1n) is 4.91. The van der Waals surface area contributed by atoms with Gasteiger partial charge in [-0.15, -0.1) is 0 Å². The van der Waals surface area contributed by atoms with Gasteiger partial charge in [-0.25, -0.2) is 22.3 Å². The third kappa shape index (κ3) is 3.24. The first-order valence-corrected chi connectivity index (χ1v) is 6.39. The zero-order valence-corrected chi connectivity index (χ0v) is 9.92. The molecule has 1 aromatic carbocycles. The van der Waals surface area contributed by atoms with E-state index in [2.05, 4.69) is 4.72 Å². The number of carboxylic acid groups (broad SMARTS) is 1. The molecule has 7 heteroatoms. The maximum absolute atomic E-state index is 13.3. The van der Waals surface area contributed by atoms with Gasteiger partial charge in [-0.1, -0.05) is 6.92 Å². The van der Waals surface area contributed by atoms with Crippen LogP contribution in [-0.2, 0) is 10.0 Å². The Hall–Kier alpha value is -1.47. The summed E-state index contributed by atoms with van der Waals surface area (Å²) in [5.74, 6) is -2.28. The third-order valence-corrected chi connectivity index (χ3v) is 3.49. The van der Waals surface area contributed by atoms with E-state index < -0.39 is 26.7 Å². The molecule has 0 aliphatic heterocycles. The first kappa shape index (κ1) is 13.6. The SMILES string of the molecule is CCCNS(=O)(=O)c1cc(C(=O)O)ccc1F. The molecule has 0 bridgehead atoms. The Morgan fingerprint density at radius 3 is 2.65 bits per heavy atom. The zero-order chi connectivity index (χ0) is 13.1. The summed E-state index contributed by atoms with van der Waals surface area (Å²) in [6, 6.07) is 2.64. The van der Waals surface area contributed by atoms with Crippen molar-refractivity contribution in [2.45, 2.75) is 18.2 Å². The molecule has 5 nitrogen and oxygen atoms in total. The van der Waals surface area contributed by atoms with Crippen LogP contribution >= 0.6 is 0 Å². The molecular weight excluding hydrogens is 249 g/mol. The minimum absolute atomic E-state index is 0.166. The lowest BCUT2D eigenvalue weighted by atomic mass is 10.2. The molecule has 17 heavy (non-hydrogen) atoms. The Morgan fingerprint density at radius 1 is 1.47 bits per heavy atom. The lowest BCUT2D eigenvalue weighted by Crippen LogP contribution is -2.25. The molecule has 94 valence electrons. The molecule has 0 aliphatic carbocycles. The van der Waals surface area contributed by atoms with Gasteiger partial charge >= 0.3 is 5.97 Å². The smallest absolute Gasteiger partial charge is 0.335 e. The number of carboxylic acids is 1. The maximum atomic E-state index is 13.3. The summed E-state index contributed by atoms with van der Waals surface area (Å²) in [5, 5.41) is 8.70. The Labute approximate surface area is 98.3 Å². The van der Waals surface area contributed by atoms with Crippen molar-refractivity contribution in [3.05, 3.63) is 29.6 Å². The molecule has 0 heterocycles. The topological polar surface area (TPSA) is 83.5 Å². The van der Waals surface area contributed by atoms with Crippen LogP contribution in [0, 0.1) is 5.82 Å². The fourth-order valence-corrected chi connectivity index (χ4v) is 2.39. The average Bonchev–Trinajstić information content (AvgIpc) is 2.26. The van der Waals surface area contributed by atoms with E-state index in [1.54, 1.807) is 6.92 Å². The number of carbonyl (C=O) groups is 1. The van der Waals surface area contributed by atoms with Crippen LogP contribution in [0.25, 0.3) is 0 Å². The highest BCUT2D eigenvalue weighted by molar-refractivity contribution is 7.89. The van der Waals surface area contributed by atoms with Crippen molar-refractivity contribution in [1.82, 2.24) is 4.72 Å². The largest absolute Gasteiger partial charge is 0.478 e. The van der Waals surface area contributed by atoms with Crippen LogP contribution in [0.5, 0.6) is 0 Å². The summed E-state index contributed by atoms with van der Waals surface area (Å²) in [4.78, 5) is 10.0. The van der Waals surface area contributed by atoms with Gasteiger partial charge in [0.2, 0.25) is 10.0 Å². The van der Waals surface area contributed by atoms with Gasteiger partial charge in [0.1, 0.15) is 10.7 Å². The predicted molar refractivity (Wildman–Crippen MR) is 58.8 cm³/mol. The molecule has 0 atom stereocenters. The number of benzene rings is 1. The van der Waals surface area contributed by atoms with Crippen molar-refractivity contribution in [3.63, 3.8) is 0 Å². The molecule has 1 aromatic rings. The van der Waals surface area contributed by atoms with Gasteiger partial charge in [0.05, 0.1) is 5.56 Å². The van der Waals surface area contributed by atoms with E-state index in [-0.39, 0.29) is 12.1 Å². The number of sulfonamides is 1. The van der Waals surface area contributed by atoms with Crippen LogP contribution in [0.15, 0.2) is 23.1 Å². The second kappa shape index (κ2) is 5.24. The number of hydrogen-bond donors (Lipinski definition) is 2. The van der Waals surface area contributed by atoms with Gasteiger partial charge in [0, 0.05) is 6.54 Å². The second-order valence-corrected chi connectivity index (χ2v) is 5.08. The normalized spacial score (nSPS) is 11.4. The van der Waals surface area contributed by atoms with Gasteiger partial charge in [-0.05, 0) is 24.6 Å². The van der Waals surface area contributed by atoms with Crippen LogP contribution in [0.1, 0.15) is 23.7 Å². The van der Waals surface area contributed by atoms with Crippen LogP contribution in [-0.4, -0.2) is 26.0 Å². The molecule has 0 radical (unpaired) electrons. The van der Waals surface area contributed by atoms with Crippen LogP contribution in [0.4, 0.5) is 4.39 Å². The maximum Gasteiger partial charge on any atom is 0.335 e. The van der Waals surface area contributed by atoms with E-state index in [0.29, 0.717) is 6.42 Å². The summed E-state index contributed by atoms with van der Waals surface area (Å²) < 4.78 is 38.8. The Balaban J connectivity index is 3.20. The lowest BCUT2D eigenvalue weighted by molar-refractivity contribution is 0.0696. The number of hydrogen-bond acceptors (Lipinski definition) is 3. The van der Waals surface area contributed by atoms with E-state index in [9.17, 15) is 17.6 Å². The molecule has 2 N–H and O–H groups in total. The number of nitrogens with one attached hydrogen (secondary N) is 1. The van der Waals surface area contributed by atoms with Crippen molar-refractivity contribution >= 4 is 16.0 Å². The first-order chi connectivity index (χ1) is 7.88. The molecule has 0 saturated carbocycles. The molecule has 0 saturated heterocycles. The predicted octanol–water partition coefficient (Wildman–Crippen LogP) is 1.21. The van der Waals surface area contributed by atoms with Crippen LogP contribution in [0.3, 0.4) is 0 Å². The standard InChI is InChI=1S/C10H12FNO4S/c1-2-5-12-17(15,16)9-6-7(10(13)14)3-4-8(9)11/h3-4,6,12H,2,5H2,1H3,(H,13,14). The molecule has 0 spiro atoms. The Bertz CT molecular complexity index is 527. The summed E-state index contributed by atoms with van der Waals surface area (Å²) >= 11 is 0. The summed E-state index contributed by atoms with van der Waals surface area (Å²) in [6.45, 7) is 1.92. The van der Waals surface area contributed by atoms with Crippen molar-refractivity contribution in [2.75, 3.05) is 6.54 Å². The van der Waals surface area contributed by atoms with E-state index >= 15 is 0 Å². The van der Waals surface area contributed by atoms with E-state index in [4.69, 9.17) is 5.11 Å². The monoisotopic (exact) mass is 261 g/mol.